The van der Waals surface area contributed by atoms with Crippen LogP contribution in [0.5, 0.6) is 0 Å². The van der Waals surface area contributed by atoms with Crippen LogP contribution < -0.4 is 5.32 Å². The maximum Gasteiger partial charge on any atom is 0.371 e. The third-order valence-corrected chi connectivity index (χ3v) is 5.47. The van der Waals surface area contributed by atoms with Crippen molar-refractivity contribution in [2.75, 3.05) is 20.3 Å². The van der Waals surface area contributed by atoms with Crippen LogP contribution in [0.3, 0.4) is 0 Å². The predicted octanol–water partition coefficient (Wildman–Crippen LogP) is -0.862. The van der Waals surface area contributed by atoms with Crippen LogP contribution in [-0.4, -0.2) is 53.6 Å². The van der Waals surface area contributed by atoms with Crippen molar-refractivity contribution in [1.29, 1.82) is 0 Å². The van der Waals surface area contributed by atoms with E-state index in [2.05, 4.69) is 0 Å². The van der Waals surface area contributed by atoms with Gasteiger partial charge in [0, 0.05) is 12.1 Å². The summed E-state index contributed by atoms with van der Waals surface area (Å²) in [4.78, 5) is 39.3. The Morgan fingerprint density at radius 1 is 1.28 bits per heavy atom. The number of nitrogens with two attached hydrogens (primary N) is 1. The Bertz CT molecular complexity index is 717. The maximum atomic E-state index is 12.8. The fraction of sp³-hybridized carbons (Fsp3) is 0.500. The summed E-state index contributed by atoms with van der Waals surface area (Å²) < 4.78 is 4.88. The van der Waals surface area contributed by atoms with E-state index in [1.165, 1.54) is 12.0 Å². The van der Waals surface area contributed by atoms with Gasteiger partial charge in [0.15, 0.2) is 0 Å². The van der Waals surface area contributed by atoms with Gasteiger partial charge >= 0.3 is 5.97 Å². The molecule has 3 rings (SSSR count). The van der Waals surface area contributed by atoms with E-state index in [-0.39, 0.29) is 12.5 Å². The van der Waals surface area contributed by atoms with E-state index in [4.69, 9.17) is 4.74 Å². The molecule has 1 aromatic rings. The van der Waals surface area contributed by atoms with Crippen molar-refractivity contribution in [3.05, 3.63) is 35.4 Å². The zero-order valence-electron chi connectivity index (χ0n) is 14.6. The number of imide groups is 1. The summed E-state index contributed by atoms with van der Waals surface area (Å²) in [6, 6.07) is 7.21. The lowest BCUT2D eigenvalue weighted by Crippen LogP contribution is -2.99. The van der Waals surface area contributed by atoms with E-state index in [1.54, 1.807) is 12.2 Å². The SMILES string of the molecule is CCN1C(=O)[C@H]2[C@@H](C1=O)[C@](CO)(C(=O)OC)[NH2+][C@H]2c1ccc(C)cc1. The molecule has 0 spiro atoms. The maximum absolute atomic E-state index is 12.8. The molecular weight excluding hydrogens is 324 g/mol. The fourth-order valence-electron chi connectivity index (χ4n) is 4.19. The van der Waals surface area contributed by atoms with Gasteiger partial charge in [-0.2, -0.15) is 0 Å². The number of carbonyl (C=O) groups excluding carboxylic acids is 3. The summed E-state index contributed by atoms with van der Waals surface area (Å²) in [5.74, 6) is -3.01. The van der Waals surface area contributed by atoms with E-state index < -0.39 is 41.9 Å². The normalized spacial score (nSPS) is 31.4. The average molecular weight is 347 g/mol. The Morgan fingerprint density at radius 2 is 1.92 bits per heavy atom. The number of aliphatic hydroxyl groups excluding tert-OH is 1. The van der Waals surface area contributed by atoms with E-state index in [9.17, 15) is 19.5 Å². The van der Waals surface area contributed by atoms with Gasteiger partial charge in [0.25, 0.3) is 0 Å². The van der Waals surface area contributed by atoms with E-state index in [1.807, 2.05) is 31.2 Å². The number of quaternary nitrogens is 1. The molecule has 7 nitrogen and oxygen atoms in total. The molecule has 25 heavy (non-hydrogen) atoms. The molecule has 2 heterocycles. The summed E-state index contributed by atoms with van der Waals surface area (Å²) in [5, 5.41) is 11.7. The summed E-state index contributed by atoms with van der Waals surface area (Å²) >= 11 is 0. The van der Waals surface area contributed by atoms with Gasteiger partial charge in [0.2, 0.25) is 17.4 Å². The first-order chi connectivity index (χ1) is 11.9. The quantitative estimate of drug-likeness (QED) is 0.545. The van der Waals surface area contributed by atoms with Gasteiger partial charge in [-0.3, -0.25) is 14.5 Å². The first-order valence-corrected chi connectivity index (χ1v) is 8.38. The predicted molar refractivity (Wildman–Crippen MR) is 87.1 cm³/mol. The molecule has 134 valence electrons. The second kappa shape index (κ2) is 6.24. The van der Waals surface area contributed by atoms with Crippen LogP contribution in [0, 0.1) is 18.8 Å². The van der Waals surface area contributed by atoms with Gasteiger partial charge in [-0.1, -0.05) is 29.8 Å². The van der Waals surface area contributed by atoms with Crippen molar-refractivity contribution < 1.29 is 29.5 Å². The first kappa shape index (κ1) is 17.6. The fourth-order valence-corrected chi connectivity index (χ4v) is 4.19. The minimum Gasteiger partial charge on any atom is -0.464 e. The summed E-state index contributed by atoms with van der Waals surface area (Å²) in [7, 11) is 1.22. The Balaban J connectivity index is 2.13. The number of amides is 2. The molecule has 4 atom stereocenters. The minimum absolute atomic E-state index is 0.244. The Hall–Kier alpha value is -2.25. The number of nitrogens with zero attached hydrogens (tertiary/aromatic N) is 1. The first-order valence-electron chi connectivity index (χ1n) is 8.38. The van der Waals surface area contributed by atoms with Crippen LogP contribution in [0.25, 0.3) is 0 Å². The van der Waals surface area contributed by atoms with Crippen LogP contribution in [0.15, 0.2) is 24.3 Å². The molecule has 0 unspecified atom stereocenters. The number of aryl methyl sites for hydroxylation is 1. The highest BCUT2D eigenvalue weighted by molar-refractivity contribution is 6.08. The molecule has 7 heteroatoms. The smallest absolute Gasteiger partial charge is 0.371 e. The Labute approximate surface area is 146 Å². The second-order valence-corrected chi connectivity index (χ2v) is 6.72. The average Bonchev–Trinajstić information content (AvgIpc) is 3.10. The Kier molecular flexibility index (Phi) is 4.38. The van der Waals surface area contributed by atoms with Gasteiger partial charge in [-0.15, -0.1) is 0 Å². The van der Waals surface area contributed by atoms with Gasteiger partial charge in [0.05, 0.1) is 7.11 Å². The number of ether oxygens (including phenoxy) is 1. The molecule has 0 aromatic heterocycles. The lowest BCUT2D eigenvalue weighted by molar-refractivity contribution is -0.735. The Morgan fingerprint density at radius 3 is 2.44 bits per heavy atom. The summed E-state index contributed by atoms with van der Waals surface area (Å²) in [6.45, 7) is 3.36. The molecule has 2 fully saturated rings. The molecule has 0 bridgehead atoms. The van der Waals surface area contributed by atoms with E-state index in [0.717, 1.165) is 11.1 Å². The topological polar surface area (TPSA) is 101 Å². The third-order valence-electron chi connectivity index (χ3n) is 5.47. The van der Waals surface area contributed by atoms with Gasteiger partial charge in [-0.25, -0.2) is 4.79 Å². The van der Waals surface area contributed by atoms with Crippen molar-refractivity contribution >= 4 is 17.8 Å². The monoisotopic (exact) mass is 347 g/mol. The molecule has 2 amide bonds. The van der Waals surface area contributed by atoms with Crippen LogP contribution in [-0.2, 0) is 19.1 Å². The van der Waals surface area contributed by atoms with Crippen molar-refractivity contribution in [3.8, 4) is 0 Å². The van der Waals surface area contributed by atoms with E-state index >= 15 is 0 Å². The lowest BCUT2D eigenvalue weighted by Gasteiger charge is -2.27. The highest BCUT2D eigenvalue weighted by atomic mass is 16.5. The number of likely N-dealkylation sites (tertiary alicyclic amines) is 1. The highest BCUT2D eigenvalue weighted by Gasteiger charge is 2.72. The van der Waals surface area contributed by atoms with Gasteiger partial charge in [-0.05, 0) is 13.8 Å². The van der Waals surface area contributed by atoms with Crippen molar-refractivity contribution in [1.82, 2.24) is 4.90 Å². The molecule has 3 N–H and O–H groups in total. The standard InChI is InChI=1S/C18H22N2O5/c1-4-20-15(22)12-13(16(20)23)18(9-21,17(24)25-3)19-14(12)11-7-5-10(2)6-8-11/h5-8,12-14,19,21H,4,9H2,1-3H3/p+1/t12-,13-,14-,18+/m0/s1. The molecule has 0 saturated carbocycles. The molecule has 2 aliphatic heterocycles. The number of hydrogen-bond donors (Lipinski definition) is 2. The van der Waals surface area contributed by atoms with Crippen molar-refractivity contribution in [2.24, 2.45) is 11.8 Å². The van der Waals surface area contributed by atoms with Crippen LogP contribution in [0.1, 0.15) is 24.1 Å². The third kappa shape index (κ3) is 2.38. The van der Waals surface area contributed by atoms with Crippen LogP contribution in [0.4, 0.5) is 0 Å². The second-order valence-electron chi connectivity index (χ2n) is 6.72. The zero-order chi connectivity index (χ0) is 18.4. The molecule has 2 aliphatic rings. The number of esters is 1. The van der Waals surface area contributed by atoms with Gasteiger partial charge in [0.1, 0.15) is 24.5 Å². The number of fused-ring (bicyclic) bond motifs is 1. The minimum atomic E-state index is -1.49. The zero-order valence-corrected chi connectivity index (χ0v) is 14.6. The van der Waals surface area contributed by atoms with Crippen LogP contribution in [0.2, 0.25) is 0 Å². The number of carbonyl (C=O) groups is 3. The lowest BCUT2D eigenvalue weighted by atomic mass is 9.79. The summed E-state index contributed by atoms with van der Waals surface area (Å²) in [6.07, 6.45) is 0. The molecule has 0 aliphatic carbocycles. The molecule has 0 radical (unpaired) electrons. The molecule has 2 saturated heterocycles. The van der Waals surface area contributed by atoms with E-state index in [0.29, 0.717) is 0 Å². The largest absolute Gasteiger partial charge is 0.464 e. The van der Waals surface area contributed by atoms with Crippen molar-refractivity contribution in [2.45, 2.75) is 25.4 Å². The van der Waals surface area contributed by atoms with Crippen molar-refractivity contribution in [3.63, 3.8) is 0 Å². The number of methoxy groups -OCH3 is 1. The number of rotatable bonds is 4. The molecular formula is C18H23N2O5+. The number of hydrogen-bond acceptors (Lipinski definition) is 5. The number of benzene rings is 1. The summed E-state index contributed by atoms with van der Waals surface area (Å²) in [5.41, 5.74) is 0.425. The molecule has 1 aromatic carbocycles. The van der Waals surface area contributed by atoms with Crippen LogP contribution >= 0.6 is 0 Å². The van der Waals surface area contributed by atoms with Gasteiger partial charge < -0.3 is 15.2 Å². The highest BCUT2D eigenvalue weighted by Crippen LogP contribution is 2.44. The number of aliphatic hydroxyl groups is 1.